The summed E-state index contributed by atoms with van der Waals surface area (Å²) in [5, 5.41) is 5.78. The lowest BCUT2D eigenvalue weighted by atomic mass is 9.87. The molecule has 3 rings (SSSR count). The van der Waals surface area contributed by atoms with Gasteiger partial charge in [-0.1, -0.05) is 45.0 Å². The van der Waals surface area contributed by atoms with Crippen LogP contribution >= 0.6 is 0 Å². The summed E-state index contributed by atoms with van der Waals surface area (Å²) in [6.07, 6.45) is 2.77. The number of carbonyl (C=O) groups is 3. The molecule has 0 radical (unpaired) electrons. The first-order valence-electron chi connectivity index (χ1n) is 13.8. The average Bonchev–Trinajstić information content (AvgIpc) is 2.85. The van der Waals surface area contributed by atoms with Crippen LogP contribution in [-0.2, 0) is 20.7 Å². The van der Waals surface area contributed by atoms with Gasteiger partial charge in [-0.15, -0.1) is 0 Å². The van der Waals surface area contributed by atoms with Crippen molar-refractivity contribution < 1.29 is 23.9 Å². The number of nitrogens with zero attached hydrogens (tertiary/aromatic N) is 1. The van der Waals surface area contributed by atoms with Crippen LogP contribution in [0.3, 0.4) is 0 Å². The van der Waals surface area contributed by atoms with Gasteiger partial charge >= 0.3 is 6.09 Å². The van der Waals surface area contributed by atoms with Crippen LogP contribution in [0.1, 0.15) is 78.0 Å². The minimum absolute atomic E-state index is 0.114. The molecule has 8 nitrogen and oxygen atoms in total. The summed E-state index contributed by atoms with van der Waals surface area (Å²) in [6.45, 7) is 11.2. The Kier molecular flexibility index (Phi) is 10.0. The Morgan fingerprint density at radius 3 is 2.08 bits per heavy atom. The zero-order chi connectivity index (χ0) is 28.7. The van der Waals surface area contributed by atoms with Crippen LogP contribution in [0.5, 0.6) is 5.75 Å². The Bertz CT molecular complexity index is 1120. The Morgan fingerprint density at radius 1 is 1.00 bits per heavy atom. The number of amides is 3. The largest absolute Gasteiger partial charge is 0.497 e. The van der Waals surface area contributed by atoms with Crippen molar-refractivity contribution in [1.29, 1.82) is 0 Å². The van der Waals surface area contributed by atoms with Crippen LogP contribution in [0.2, 0.25) is 0 Å². The quantitative estimate of drug-likeness (QED) is 0.395. The van der Waals surface area contributed by atoms with Gasteiger partial charge in [0.25, 0.3) is 5.91 Å². The molecule has 1 aliphatic carbocycles. The number of anilines is 1. The standard InChI is InChI=1S/C31H43N3O5/c1-8-21-12-14-22(15-13-21)27(28(35)32-23-16-18-25(38-7)19-17-23)34(24-10-9-11-24)29(36)26(20(2)3)33-30(37)39-31(4,5)6/h12-20,24,26-27H,8-11H2,1-7H3,(H,32,35)(H,33,37). The fraction of sp³-hybridized carbons (Fsp3) is 0.516. The number of alkyl carbamates (subject to hydrolysis) is 1. The number of rotatable bonds is 10. The van der Waals surface area contributed by atoms with Gasteiger partial charge in [0.1, 0.15) is 23.4 Å². The van der Waals surface area contributed by atoms with Gasteiger partial charge in [-0.25, -0.2) is 4.79 Å². The maximum absolute atomic E-state index is 14.3. The van der Waals surface area contributed by atoms with E-state index in [1.54, 1.807) is 57.0 Å². The van der Waals surface area contributed by atoms with E-state index in [-0.39, 0.29) is 23.8 Å². The molecule has 2 N–H and O–H groups in total. The molecule has 1 fully saturated rings. The first-order valence-corrected chi connectivity index (χ1v) is 13.8. The van der Waals surface area contributed by atoms with Gasteiger partial charge in [0.05, 0.1) is 7.11 Å². The van der Waals surface area contributed by atoms with E-state index in [1.165, 1.54) is 0 Å². The molecule has 0 heterocycles. The molecule has 0 bridgehead atoms. The Morgan fingerprint density at radius 2 is 1.62 bits per heavy atom. The fourth-order valence-electron chi connectivity index (χ4n) is 4.55. The molecular weight excluding hydrogens is 494 g/mol. The average molecular weight is 538 g/mol. The minimum Gasteiger partial charge on any atom is -0.497 e. The predicted octanol–water partition coefficient (Wildman–Crippen LogP) is 5.87. The van der Waals surface area contributed by atoms with E-state index in [9.17, 15) is 14.4 Å². The van der Waals surface area contributed by atoms with Crippen LogP contribution in [0.15, 0.2) is 48.5 Å². The third-order valence-corrected chi connectivity index (χ3v) is 6.92. The van der Waals surface area contributed by atoms with Crippen molar-refractivity contribution in [2.45, 2.75) is 91.0 Å². The third-order valence-electron chi connectivity index (χ3n) is 6.92. The number of ether oxygens (including phenoxy) is 2. The lowest BCUT2D eigenvalue weighted by molar-refractivity contribution is -0.146. The number of aryl methyl sites for hydroxylation is 1. The highest BCUT2D eigenvalue weighted by atomic mass is 16.6. The summed E-state index contributed by atoms with van der Waals surface area (Å²) in [5.74, 6) is -0.154. The first-order chi connectivity index (χ1) is 18.4. The maximum Gasteiger partial charge on any atom is 0.408 e. The van der Waals surface area contributed by atoms with Crippen LogP contribution < -0.4 is 15.4 Å². The van der Waals surface area contributed by atoms with E-state index >= 15 is 0 Å². The molecule has 2 aromatic rings. The first kappa shape index (κ1) is 30.0. The second-order valence-electron chi connectivity index (χ2n) is 11.4. The molecule has 0 aromatic heterocycles. The molecule has 8 heteroatoms. The number of hydrogen-bond acceptors (Lipinski definition) is 5. The summed E-state index contributed by atoms with van der Waals surface area (Å²) in [7, 11) is 1.59. The van der Waals surface area contributed by atoms with Gasteiger partial charge in [-0.05, 0) is 87.8 Å². The molecule has 0 aliphatic heterocycles. The van der Waals surface area contributed by atoms with Crippen molar-refractivity contribution in [1.82, 2.24) is 10.2 Å². The second kappa shape index (κ2) is 13.0. The van der Waals surface area contributed by atoms with Crippen molar-refractivity contribution in [3.8, 4) is 5.75 Å². The van der Waals surface area contributed by atoms with Crippen LogP contribution in [-0.4, -0.2) is 47.6 Å². The fourth-order valence-corrected chi connectivity index (χ4v) is 4.55. The zero-order valence-corrected chi connectivity index (χ0v) is 24.2. The predicted molar refractivity (Wildman–Crippen MR) is 153 cm³/mol. The Labute approximate surface area is 232 Å². The molecule has 212 valence electrons. The number of hydrogen-bond donors (Lipinski definition) is 2. The Hall–Kier alpha value is -3.55. The highest BCUT2D eigenvalue weighted by molar-refractivity contribution is 5.99. The van der Waals surface area contributed by atoms with Crippen LogP contribution in [0.25, 0.3) is 0 Å². The van der Waals surface area contributed by atoms with E-state index in [0.29, 0.717) is 11.4 Å². The summed E-state index contributed by atoms with van der Waals surface area (Å²) in [6, 6.07) is 13.1. The van der Waals surface area contributed by atoms with Crippen molar-refractivity contribution >= 4 is 23.6 Å². The maximum atomic E-state index is 14.3. The summed E-state index contributed by atoms with van der Waals surface area (Å²) in [5.41, 5.74) is 1.76. The van der Waals surface area contributed by atoms with E-state index < -0.39 is 23.8 Å². The number of methoxy groups -OCH3 is 1. The molecule has 1 saturated carbocycles. The van der Waals surface area contributed by atoms with Gasteiger partial charge in [0.2, 0.25) is 5.91 Å². The highest BCUT2D eigenvalue weighted by Gasteiger charge is 2.42. The summed E-state index contributed by atoms with van der Waals surface area (Å²) >= 11 is 0. The molecular formula is C31H43N3O5. The van der Waals surface area contributed by atoms with Crippen molar-refractivity contribution in [2.75, 3.05) is 12.4 Å². The van der Waals surface area contributed by atoms with Gasteiger partial charge in [0.15, 0.2) is 0 Å². The highest BCUT2D eigenvalue weighted by Crippen LogP contribution is 2.35. The summed E-state index contributed by atoms with van der Waals surface area (Å²) in [4.78, 5) is 42.6. The molecule has 1 aliphatic rings. The molecule has 0 spiro atoms. The number of carbonyl (C=O) groups excluding carboxylic acids is 3. The summed E-state index contributed by atoms with van der Waals surface area (Å²) < 4.78 is 10.7. The van der Waals surface area contributed by atoms with Gasteiger partial charge in [-0.2, -0.15) is 0 Å². The molecule has 39 heavy (non-hydrogen) atoms. The van der Waals surface area contributed by atoms with E-state index in [0.717, 1.165) is 36.8 Å². The van der Waals surface area contributed by atoms with Crippen molar-refractivity contribution in [3.63, 3.8) is 0 Å². The number of benzene rings is 2. The van der Waals surface area contributed by atoms with Crippen LogP contribution in [0, 0.1) is 5.92 Å². The van der Waals surface area contributed by atoms with Crippen molar-refractivity contribution in [2.24, 2.45) is 5.92 Å². The van der Waals surface area contributed by atoms with Gasteiger partial charge in [-0.3, -0.25) is 9.59 Å². The monoisotopic (exact) mass is 537 g/mol. The molecule has 0 saturated heterocycles. The normalized spacial score (nSPS) is 15.1. The van der Waals surface area contributed by atoms with Gasteiger partial charge < -0.3 is 25.0 Å². The molecule has 3 amide bonds. The number of nitrogens with one attached hydrogen (secondary N) is 2. The topological polar surface area (TPSA) is 97.0 Å². The molecule has 2 atom stereocenters. The molecule has 2 unspecified atom stereocenters. The zero-order valence-electron chi connectivity index (χ0n) is 24.2. The second-order valence-corrected chi connectivity index (χ2v) is 11.4. The van der Waals surface area contributed by atoms with E-state index in [4.69, 9.17) is 9.47 Å². The lowest BCUT2D eigenvalue weighted by Crippen LogP contribution is -2.58. The van der Waals surface area contributed by atoms with Crippen molar-refractivity contribution in [3.05, 3.63) is 59.7 Å². The third kappa shape index (κ3) is 7.97. The van der Waals surface area contributed by atoms with Crippen LogP contribution in [0.4, 0.5) is 10.5 Å². The lowest BCUT2D eigenvalue weighted by Gasteiger charge is -2.44. The van der Waals surface area contributed by atoms with Gasteiger partial charge in [0, 0.05) is 11.7 Å². The van der Waals surface area contributed by atoms with E-state index in [1.807, 2.05) is 38.1 Å². The minimum atomic E-state index is -0.877. The SMILES string of the molecule is CCc1ccc(C(C(=O)Nc2ccc(OC)cc2)N(C(=O)C(NC(=O)OC(C)(C)C)C(C)C)C2CCC2)cc1. The van der Waals surface area contributed by atoms with E-state index in [2.05, 4.69) is 17.6 Å². The molecule has 2 aromatic carbocycles. The smallest absolute Gasteiger partial charge is 0.408 e. The Balaban J connectivity index is 2.00.